The van der Waals surface area contributed by atoms with Gasteiger partial charge in [-0.05, 0) is 17.7 Å². The van der Waals surface area contributed by atoms with E-state index in [9.17, 15) is 13.2 Å². The lowest BCUT2D eigenvalue weighted by Gasteiger charge is -2.16. The van der Waals surface area contributed by atoms with Gasteiger partial charge in [0.15, 0.2) is 11.5 Å². The minimum atomic E-state index is -4.33. The molecule has 0 aliphatic heterocycles. The highest BCUT2D eigenvalue weighted by molar-refractivity contribution is 9.09. The fourth-order valence-electron chi connectivity index (χ4n) is 1.20. The van der Waals surface area contributed by atoms with Crippen LogP contribution in [-0.2, 0) is 0 Å². The Morgan fingerprint density at radius 1 is 1.12 bits per heavy atom. The molecule has 0 aromatic heterocycles. The predicted molar refractivity (Wildman–Crippen MR) is 57.3 cm³/mol. The number of benzene rings is 1. The Labute approximate surface area is 99.5 Å². The van der Waals surface area contributed by atoms with Crippen molar-refractivity contribution in [1.29, 1.82) is 0 Å². The molecule has 90 valence electrons. The lowest BCUT2D eigenvalue weighted by atomic mass is 10.1. The molecule has 0 saturated heterocycles. The zero-order chi connectivity index (χ0) is 12.3. The summed E-state index contributed by atoms with van der Waals surface area (Å²) in [6.45, 7) is 0. The van der Waals surface area contributed by atoms with Crippen molar-refractivity contribution in [3.63, 3.8) is 0 Å². The lowest BCUT2D eigenvalue weighted by Crippen LogP contribution is -2.15. The van der Waals surface area contributed by atoms with E-state index in [0.717, 1.165) is 0 Å². The first-order valence-electron chi connectivity index (χ1n) is 4.33. The molecule has 0 aliphatic carbocycles. The molecule has 0 bridgehead atoms. The Balaban J connectivity index is 3.08. The summed E-state index contributed by atoms with van der Waals surface area (Å²) in [5.74, 6) is 0.668. The van der Waals surface area contributed by atoms with E-state index in [-0.39, 0.29) is 11.3 Å². The maximum atomic E-state index is 12.4. The van der Waals surface area contributed by atoms with Gasteiger partial charge in [0.2, 0.25) is 0 Å². The van der Waals surface area contributed by atoms with Gasteiger partial charge in [-0.1, -0.05) is 22.0 Å². The average Bonchev–Trinajstić information content (AvgIpc) is 2.25. The van der Waals surface area contributed by atoms with Gasteiger partial charge >= 0.3 is 6.18 Å². The van der Waals surface area contributed by atoms with Gasteiger partial charge in [0.05, 0.1) is 14.2 Å². The third kappa shape index (κ3) is 2.81. The molecule has 1 rings (SSSR count). The fraction of sp³-hybridized carbons (Fsp3) is 0.400. The van der Waals surface area contributed by atoms with Crippen molar-refractivity contribution < 1.29 is 22.6 Å². The molecule has 0 radical (unpaired) electrons. The highest BCUT2D eigenvalue weighted by atomic mass is 79.9. The van der Waals surface area contributed by atoms with Crippen molar-refractivity contribution in [3.8, 4) is 11.5 Å². The summed E-state index contributed by atoms with van der Waals surface area (Å²) in [7, 11) is 2.80. The third-order valence-electron chi connectivity index (χ3n) is 1.99. The van der Waals surface area contributed by atoms with Crippen LogP contribution in [0, 0.1) is 0 Å². The van der Waals surface area contributed by atoms with E-state index in [2.05, 4.69) is 15.9 Å². The Kier molecular flexibility index (Phi) is 4.07. The Morgan fingerprint density at radius 2 is 1.69 bits per heavy atom. The molecule has 1 aromatic rings. The van der Waals surface area contributed by atoms with E-state index >= 15 is 0 Å². The average molecular weight is 299 g/mol. The van der Waals surface area contributed by atoms with Crippen LogP contribution in [0.4, 0.5) is 13.2 Å². The molecular weight excluding hydrogens is 289 g/mol. The van der Waals surface area contributed by atoms with E-state index < -0.39 is 11.0 Å². The van der Waals surface area contributed by atoms with Crippen LogP contribution in [0.1, 0.15) is 10.4 Å². The van der Waals surface area contributed by atoms with Crippen molar-refractivity contribution in [1.82, 2.24) is 0 Å². The molecule has 1 aromatic carbocycles. The first-order chi connectivity index (χ1) is 7.40. The summed E-state index contributed by atoms with van der Waals surface area (Å²) < 4.78 is 47.2. The maximum absolute atomic E-state index is 12.4. The van der Waals surface area contributed by atoms with Crippen LogP contribution in [-0.4, -0.2) is 20.4 Å². The van der Waals surface area contributed by atoms with Crippen LogP contribution >= 0.6 is 15.9 Å². The van der Waals surface area contributed by atoms with Crippen molar-refractivity contribution >= 4 is 15.9 Å². The van der Waals surface area contributed by atoms with Gasteiger partial charge in [-0.25, -0.2) is 0 Å². The summed E-state index contributed by atoms with van der Waals surface area (Å²) in [5, 5.41) is 0. The van der Waals surface area contributed by atoms with E-state index in [1.807, 2.05) is 0 Å². The van der Waals surface area contributed by atoms with E-state index in [0.29, 0.717) is 5.75 Å². The quantitative estimate of drug-likeness (QED) is 0.792. The van der Waals surface area contributed by atoms with Gasteiger partial charge in [-0.3, -0.25) is 0 Å². The fourth-order valence-corrected chi connectivity index (χ4v) is 1.48. The molecule has 0 N–H and O–H groups in total. The Bertz CT molecular complexity index is 366. The molecule has 0 heterocycles. The number of methoxy groups -OCH3 is 2. The first kappa shape index (κ1) is 13.2. The van der Waals surface area contributed by atoms with Crippen molar-refractivity contribution in [2.75, 3.05) is 14.2 Å². The number of ether oxygens (including phenoxy) is 2. The normalized spacial score (nSPS) is 13.4. The molecule has 0 saturated carbocycles. The predicted octanol–water partition coefficient (Wildman–Crippen LogP) is 3.70. The second kappa shape index (κ2) is 4.95. The standard InChI is InChI=1S/C10H10BrF3O2/c1-15-7-4-3-6(5-8(7)16-2)9(11)10(12,13)14/h3-5,9H,1-2H3. The number of halogens is 4. The van der Waals surface area contributed by atoms with Crippen LogP contribution in [0.25, 0.3) is 0 Å². The van der Waals surface area contributed by atoms with E-state index in [1.54, 1.807) is 0 Å². The van der Waals surface area contributed by atoms with Gasteiger partial charge in [-0.2, -0.15) is 13.2 Å². The molecule has 0 amide bonds. The van der Waals surface area contributed by atoms with Gasteiger partial charge < -0.3 is 9.47 Å². The Morgan fingerprint density at radius 3 is 2.12 bits per heavy atom. The molecule has 0 spiro atoms. The van der Waals surface area contributed by atoms with E-state index in [1.165, 1.54) is 32.4 Å². The smallest absolute Gasteiger partial charge is 0.405 e. The largest absolute Gasteiger partial charge is 0.493 e. The van der Waals surface area contributed by atoms with Crippen molar-refractivity contribution in [3.05, 3.63) is 23.8 Å². The second-order valence-electron chi connectivity index (χ2n) is 3.02. The molecule has 1 atom stereocenters. The van der Waals surface area contributed by atoms with Crippen LogP contribution in [0.5, 0.6) is 11.5 Å². The SMILES string of the molecule is COc1ccc(C(Br)C(F)(F)F)cc1OC. The summed E-state index contributed by atoms with van der Waals surface area (Å²) in [6, 6.07) is 4.08. The highest BCUT2D eigenvalue weighted by Crippen LogP contribution is 2.42. The first-order valence-corrected chi connectivity index (χ1v) is 5.24. The van der Waals surface area contributed by atoms with Crippen LogP contribution in [0.2, 0.25) is 0 Å². The van der Waals surface area contributed by atoms with Crippen LogP contribution in [0.3, 0.4) is 0 Å². The minimum absolute atomic E-state index is 0.0742. The number of rotatable bonds is 3. The summed E-state index contributed by atoms with van der Waals surface area (Å²) in [4.78, 5) is -1.71. The molecule has 0 fully saturated rings. The lowest BCUT2D eigenvalue weighted by molar-refractivity contribution is -0.128. The third-order valence-corrected chi connectivity index (χ3v) is 3.04. The van der Waals surface area contributed by atoms with Gasteiger partial charge in [0.25, 0.3) is 0 Å². The highest BCUT2D eigenvalue weighted by Gasteiger charge is 2.39. The van der Waals surface area contributed by atoms with Crippen LogP contribution < -0.4 is 9.47 Å². The summed E-state index contributed by atoms with van der Waals surface area (Å²) >= 11 is 2.59. The Hall–Kier alpha value is -0.910. The van der Waals surface area contributed by atoms with Gasteiger partial charge in [-0.15, -0.1) is 0 Å². The maximum Gasteiger partial charge on any atom is 0.405 e. The van der Waals surface area contributed by atoms with E-state index in [4.69, 9.17) is 9.47 Å². The second-order valence-corrected chi connectivity index (χ2v) is 3.93. The minimum Gasteiger partial charge on any atom is -0.493 e. The molecular formula is C10H10BrF3O2. The van der Waals surface area contributed by atoms with Crippen molar-refractivity contribution in [2.45, 2.75) is 11.0 Å². The van der Waals surface area contributed by atoms with Crippen molar-refractivity contribution in [2.24, 2.45) is 0 Å². The number of alkyl halides is 4. The summed E-state index contributed by atoms with van der Waals surface area (Å²) in [6.07, 6.45) is -4.33. The topological polar surface area (TPSA) is 18.5 Å². The zero-order valence-corrected chi connectivity index (χ0v) is 10.2. The number of hydrogen-bond donors (Lipinski definition) is 0. The molecule has 0 aliphatic rings. The van der Waals surface area contributed by atoms with Gasteiger partial charge in [0, 0.05) is 0 Å². The molecule has 6 heteroatoms. The molecule has 2 nitrogen and oxygen atoms in total. The van der Waals surface area contributed by atoms with Crippen LogP contribution in [0.15, 0.2) is 18.2 Å². The van der Waals surface area contributed by atoms with Gasteiger partial charge in [0.1, 0.15) is 4.83 Å². The summed E-state index contributed by atoms with van der Waals surface area (Å²) in [5.41, 5.74) is 0.0742. The molecule has 1 unspecified atom stereocenters. The zero-order valence-electron chi connectivity index (χ0n) is 8.64. The monoisotopic (exact) mass is 298 g/mol. The molecule has 16 heavy (non-hydrogen) atoms. The number of hydrogen-bond acceptors (Lipinski definition) is 2.